The van der Waals surface area contributed by atoms with Crippen LogP contribution in [0.15, 0.2) is 72.8 Å². The van der Waals surface area contributed by atoms with Gasteiger partial charge in [-0.2, -0.15) is 0 Å². The fourth-order valence-electron chi connectivity index (χ4n) is 2.67. The van der Waals surface area contributed by atoms with E-state index in [1.165, 1.54) is 10.8 Å². The number of hydrogen-bond acceptors (Lipinski definition) is 3. The molecule has 1 amide bonds. The topological polar surface area (TPSA) is 58.6 Å². The van der Waals surface area contributed by atoms with Gasteiger partial charge in [-0.1, -0.05) is 72.8 Å². The summed E-state index contributed by atoms with van der Waals surface area (Å²) in [6.07, 6.45) is -0.450. The molecule has 4 heteroatoms. The number of aliphatic hydroxyl groups excluding tert-OH is 1. The van der Waals surface area contributed by atoms with Crippen molar-refractivity contribution in [3.8, 4) is 0 Å². The van der Waals surface area contributed by atoms with Gasteiger partial charge in [0.15, 0.2) is 0 Å². The number of alkyl carbamates (subject to hydrolysis) is 1. The van der Waals surface area contributed by atoms with Gasteiger partial charge in [0.2, 0.25) is 0 Å². The molecule has 3 rings (SSSR count). The molecule has 128 valence electrons. The van der Waals surface area contributed by atoms with Crippen LogP contribution in [-0.2, 0) is 17.8 Å². The predicted molar refractivity (Wildman–Crippen MR) is 98.0 cm³/mol. The second kappa shape index (κ2) is 8.31. The Labute approximate surface area is 147 Å². The molecule has 3 aromatic rings. The average Bonchev–Trinajstić information content (AvgIpc) is 2.65. The summed E-state index contributed by atoms with van der Waals surface area (Å²) in [4.78, 5) is 11.7. The van der Waals surface area contributed by atoms with Gasteiger partial charge >= 0.3 is 6.09 Å². The summed E-state index contributed by atoms with van der Waals surface area (Å²) in [5, 5.41) is 14.8. The van der Waals surface area contributed by atoms with E-state index >= 15 is 0 Å². The average molecular weight is 335 g/mol. The lowest BCUT2D eigenvalue weighted by atomic mass is 10.0. The molecule has 0 aliphatic rings. The SMILES string of the molecule is O=C(N[C@@H](O)CCc1ccc2ccccc2c1)OCc1ccccc1. The molecular formula is C21H21NO3. The van der Waals surface area contributed by atoms with E-state index < -0.39 is 12.3 Å². The molecule has 0 aromatic heterocycles. The van der Waals surface area contributed by atoms with Crippen LogP contribution in [0.1, 0.15) is 17.5 Å². The normalized spacial score (nSPS) is 11.9. The fourth-order valence-corrected chi connectivity index (χ4v) is 2.67. The third-order valence-corrected chi connectivity index (χ3v) is 4.02. The summed E-state index contributed by atoms with van der Waals surface area (Å²) in [5.41, 5.74) is 2.03. The van der Waals surface area contributed by atoms with Gasteiger partial charge in [0.25, 0.3) is 0 Å². The summed E-state index contributed by atoms with van der Waals surface area (Å²) < 4.78 is 5.10. The number of amides is 1. The Balaban J connectivity index is 1.45. The van der Waals surface area contributed by atoms with Gasteiger partial charge in [-0.3, -0.25) is 5.32 Å². The van der Waals surface area contributed by atoms with Crippen LogP contribution in [0.3, 0.4) is 0 Å². The van der Waals surface area contributed by atoms with Crippen molar-refractivity contribution in [3.63, 3.8) is 0 Å². The summed E-state index contributed by atoms with van der Waals surface area (Å²) in [7, 11) is 0. The minimum absolute atomic E-state index is 0.185. The maximum absolute atomic E-state index is 11.7. The Morgan fingerprint density at radius 2 is 1.64 bits per heavy atom. The van der Waals surface area contributed by atoms with Crippen molar-refractivity contribution in [1.29, 1.82) is 0 Å². The Morgan fingerprint density at radius 1 is 0.920 bits per heavy atom. The zero-order chi connectivity index (χ0) is 17.5. The van der Waals surface area contributed by atoms with Crippen LogP contribution in [0.25, 0.3) is 10.8 Å². The van der Waals surface area contributed by atoms with Crippen molar-refractivity contribution in [2.45, 2.75) is 25.7 Å². The monoisotopic (exact) mass is 335 g/mol. The van der Waals surface area contributed by atoms with Crippen LogP contribution in [0, 0.1) is 0 Å². The molecule has 1 atom stereocenters. The van der Waals surface area contributed by atoms with Crippen LogP contribution in [-0.4, -0.2) is 17.4 Å². The van der Waals surface area contributed by atoms with Crippen molar-refractivity contribution in [1.82, 2.24) is 5.32 Å². The number of carbonyl (C=O) groups is 1. The summed E-state index contributed by atoms with van der Waals surface area (Å²) in [6, 6.07) is 23.8. The Kier molecular flexibility index (Phi) is 5.65. The van der Waals surface area contributed by atoms with Gasteiger partial charge in [0.05, 0.1) is 0 Å². The lowest BCUT2D eigenvalue weighted by molar-refractivity contribution is 0.0906. The molecule has 3 aromatic carbocycles. The largest absolute Gasteiger partial charge is 0.445 e. The molecule has 0 saturated heterocycles. The molecular weight excluding hydrogens is 314 g/mol. The quantitative estimate of drug-likeness (QED) is 0.669. The van der Waals surface area contributed by atoms with E-state index in [2.05, 4.69) is 29.6 Å². The molecule has 0 fully saturated rings. The first-order valence-corrected chi connectivity index (χ1v) is 8.34. The first kappa shape index (κ1) is 17.0. The zero-order valence-corrected chi connectivity index (χ0v) is 13.9. The summed E-state index contributed by atoms with van der Waals surface area (Å²) in [5.74, 6) is 0. The number of rotatable bonds is 6. The minimum atomic E-state index is -0.935. The minimum Gasteiger partial charge on any atom is -0.445 e. The molecule has 0 saturated carbocycles. The number of carbonyl (C=O) groups excluding carboxylic acids is 1. The molecule has 0 bridgehead atoms. The van der Waals surface area contributed by atoms with Gasteiger partial charge < -0.3 is 9.84 Å². The molecule has 0 spiro atoms. The zero-order valence-electron chi connectivity index (χ0n) is 13.9. The molecule has 0 aliphatic heterocycles. The lowest BCUT2D eigenvalue weighted by Crippen LogP contribution is -2.35. The predicted octanol–water partition coefficient (Wildman–Crippen LogP) is 4.02. The van der Waals surface area contributed by atoms with E-state index in [0.717, 1.165) is 11.1 Å². The first-order chi connectivity index (χ1) is 12.2. The first-order valence-electron chi connectivity index (χ1n) is 8.34. The van der Waals surface area contributed by atoms with E-state index in [1.54, 1.807) is 0 Å². The van der Waals surface area contributed by atoms with Crippen molar-refractivity contribution >= 4 is 16.9 Å². The second-order valence-corrected chi connectivity index (χ2v) is 5.94. The lowest BCUT2D eigenvalue weighted by Gasteiger charge is -2.13. The number of nitrogens with one attached hydrogen (secondary N) is 1. The highest BCUT2D eigenvalue weighted by molar-refractivity contribution is 5.82. The number of ether oxygens (including phenoxy) is 1. The molecule has 25 heavy (non-hydrogen) atoms. The van der Waals surface area contributed by atoms with Crippen LogP contribution < -0.4 is 5.32 Å². The Bertz CT molecular complexity index is 833. The van der Waals surface area contributed by atoms with Crippen LogP contribution in [0.5, 0.6) is 0 Å². The fraction of sp³-hybridized carbons (Fsp3) is 0.190. The van der Waals surface area contributed by atoms with Crippen molar-refractivity contribution < 1.29 is 14.6 Å². The third-order valence-electron chi connectivity index (χ3n) is 4.02. The number of benzene rings is 3. The number of fused-ring (bicyclic) bond motifs is 1. The Morgan fingerprint density at radius 3 is 2.44 bits per heavy atom. The molecule has 0 heterocycles. The second-order valence-electron chi connectivity index (χ2n) is 5.94. The smallest absolute Gasteiger partial charge is 0.409 e. The van der Waals surface area contributed by atoms with Crippen LogP contribution in [0.2, 0.25) is 0 Å². The number of aryl methyl sites for hydroxylation is 1. The van der Waals surface area contributed by atoms with Crippen molar-refractivity contribution in [2.24, 2.45) is 0 Å². The van der Waals surface area contributed by atoms with Crippen LogP contribution in [0.4, 0.5) is 4.79 Å². The van der Waals surface area contributed by atoms with Crippen molar-refractivity contribution in [3.05, 3.63) is 83.9 Å². The van der Waals surface area contributed by atoms with E-state index in [4.69, 9.17) is 4.74 Å². The molecule has 4 nitrogen and oxygen atoms in total. The van der Waals surface area contributed by atoms with Crippen LogP contribution >= 0.6 is 0 Å². The highest BCUT2D eigenvalue weighted by atomic mass is 16.6. The van der Waals surface area contributed by atoms with Gasteiger partial charge in [-0.25, -0.2) is 4.79 Å². The van der Waals surface area contributed by atoms with Gasteiger partial charge in [0, 0.05) is 0 Å². The highest BCUT2D eigenvalue weighted by Crippen LogP contribution is 2.16. The van der Waals surface area contributed by atoms with Crippen molar-refractivity contribution in [2.75, 3.05) is 0 Å². The third kappa shape index (κ3) is 5.06. The van der Waals surface area contributed by atoms with E-state index in [-0.39, 0.29) is 6.61 Å². The van der Waals surface area contributed by atoms with E-state index in [1.807, 2.05) is 48.5 Å². The number of aliphatic hydroxyl groups is 1. The van der Waals surface area contributed by atoms with Gasteiger partial charge in [-0.15, -0.1) is 0 Å². The molecule has 0 unspecified atom stereocenters. The number of hydrogen-bond donors (Lipinski definition) is 2. The summed E-state index contributed by atoms with van der Waals surface area (Å²) >= 11 is 0. The van der Waals surface area contributed by atoms with Gasteiger partial charge in [0.1, 0.15) is 12.8 Å². The van der Waals surface area contributed by atoms with E-state index in [0.29, 0.717) is 12.8 Å². The molecule has 0 radical (unpaired) electrons. The molecule has 0 aliphatic carbocycles. The highest BCUT2D eigenvalue weighted by Gasteiger charge is 2.10. The molecule has 2 N–H and O–H groups in total. The maximum atomic E-state index is 11.7. The standard InChI is InChI=1S/C21H21NO3/c23-20(22-21(24)25-15-17-6-2-1-3-7-17)13-11-16-10-12-18-8-4-5-9-19(18)14-16/h1-10,12,14,20,23H,11,13,15H2,(H,22,24)/t20-/m0/s1. The summed E-state index contributed by atoms with van der Waals surface area (Å²) in [6.45, 7) is 0.185. The van der Waals surface area contributed by atoms with E-state index in [9.17, 15) is 9.90 Å². The Hall–Kier alpha value is -2.85. The van der Waals surface area contributed by atoms with Gasteiger partial charge in [-0.05, 0) is 34.7 Å². The maximum Gasteiger partial charge on any atom is 0.409 e.